The molecule has 1 aromatic rings. The topological polar surface area (TPSA) is 88.2 Å². The van der Waals surface area contributed by atoms with Crippen LogP contribution in [0, 0.1) is 11.3 Å². The van der Waals surface area contributed by atoms with Crippen LogP contribution in [0.4, 0.5) is 4.79 Å². The van der Waals surface area contributed by atoms with Crippen LogP contribution in [0.1, 0.15) is 73.3 Å². The summed E-state index contributed by atoms with van der Waals surface area (Å²) in [6.45, 7) is 15.4. The SMILES string of the molecule is C[C@@H]1CN(Cc2c(Cl)cccc2Cl)C[C@]1(CC(=O)OC(C)(C)C)C(=O)NC1CCN(C(=O)OC(C)(C)C)CC1. The van der Waals surface area contributed by atoms with Crippen LogP contribution in [0.3, 0.4) is 0 Å². The van der Waals surface area contributed by atoms with Crippen molar-refractivity contribution in [1.82, 2.24) is 15.1 Å². The third-order valence-electron chi connectivity index (χ3n) is 7.24. The predicted molar refractivity (Wildman–Crippen MR) is 153 cm³/mol. The highest BCUT2D eigenvalue weighted by Gasteiger charge is 2.52. The van der Waals surface area contributed by atoms with Gasteiger partial charge in [0.2, 0.25) is 5.91 Å². The summed E-state index contributed by atoms with van der Waals surface area (Å²) in [5.41, 5.74) is -1.39. The first kappa shape index (κ1) is 31.5. The Hall–Kier alpha value is -2.03. The van der Waals surface area contributed by atoms with Gasteiger partial charge in [-0.2, -0.15) is 0 Å². The molecule has 2 aliphatic heterocycles. The number of carbonyl (C=O) groups is 3. The van der Waals surface area contributed by atoms with Crippen molar-refractivity contribution in [2.24, 2.45) is 11.3 Å². The van der Waals surface area contributed by atoms with Gasteiger partial charge in [0.25, 0.3) is 0 Å². The molecular weight excluding hydrogens is 541 g/mol. The molecule has 0 aliphatic carbocycles. The fourth-order valence-electron chi connectivity index (χ4n) is 5.31. The number of halogens is 2. The van der Waals surface area contributed by atoms with Crippen molar-refractivity contribution in [2.75, 3.05) is 26.2 Å². The second-order valence-corrected chi connectivity index (χ2v) is 13.7. The van der Waals surface area contributed by atoms with Gasteiger partial charge in [0.05, 0.1) is 11.8 Å². The van der Waals surface area contributed by atoms with Gasteiger partial charge in [-0.05, 0) is 72.4 Å². The number of amides is 2. The minimum absolute atomic E-state index is 0.0270. The molecule has 0 aromatic heterocycles. The summed E-state index contributed by atoms with van der Waals surface area (Å²) in [4.78, 5) is 43.3. The van der Waals surface area contributed by atoms with E-state index in [1.54, 1.807) is 23.1 Å². The van der Waals surface area contributed by atoms with E-state index in [0.29, 0.717) is 55.6 Å². The molecule has 0 radical (unpaired) electrons. The van der Waals surface area contributed by atoms with Gasteiger partial charge >= 0.3 is 12.1 Å². The zero-order chi connectivity index (χ0) is 29.2. The van der Waals surface area contributed by atoms with Crippen LogP contribution >= 0.6 is 23.2 Å². The maximum Gasteiger partial charge on any atom is 0.410 e. The Morgan fingerprint density at radius 1 is 1.00 bits per heavy atom. The van der Waals surface area contributed by atoms with Gasteiger partial charge in [-0.25, -0.2) is 4.79 Å². The zero-order valence-corrected chi connectivity index (χ0v) is 25.7. The molecule has 8 nitrogen and oxygen atoms in total. The molecule has 2 saturated heterocycles. The molecule has 1 N–H and O–H groups in total. The van der Waals surface area contributed by atoms with Crippen LogP contribution in [-0.2, 0) is 25.6 Å². The normalized spacial score (nSPS) is 23.0. The number of nitrogens with one attached hydrogen (secondary N) is 1. The number of hydrogen-bond donors (Lipinski definition) is 1. The van der Waals surface area contributed by atoms with Crippen molar-refractivity contribution in [3.63, 3.8) is 0 Å². The average molecular weight is 585 g/mol. The third kappa shape index (κ3) is 8.48. The van der Waals surface area contributed by atoms with Gasteiger partial charge in [0.1, 0.15) is 11.2 Å². The standard InChI is InChI=1S/C29H43Cl2N3O5/c1-19-16-33(17-21-22(30)9-8-10-23(21)31)18-29(19,15-24(35)38-27(2,3)4)25(36)32-20-11-13-34(14-12-20)26(37)39-28(5,6)7/h8-10,19-20H,11-18H2,1-7H3,(H,32,36)/t19-,29+/m1/s1. The first-order chi connectivity index (χ1) is 18.0. The number of piperidine rings is 1. The molecule has 0 unspecified atom stereocenters. The molecule has 0 saturated carbocycles. The lowest BCUT2D eigenvalue weighted by Gasteiger charge is -2.37. The summed E-state index contributed by atoms with van der Waals surface area (Å²) < 4.78 is 11.1. The van der Waals surface area contributed by atoms with E-state index in [1.165, 1.54) is 0 Å². The van der Waals surface area contributed by atoms with Crippen LogP contribution in [0.5, 0.6) is 0 Å². The number of benzene rings is 1. The molecule has 0 spiro atoms. The summed E-state index contributed by atoms with van der Waals surface area (Å²) in [6, 6.07) is 5.29. The number of nitrogens with zero attached hydrogens (tertiary/aromatic N) is 2. The number of hydrogen-bond acceptors (Lipinski definition) is 6. The summed E-state index contributed by atoms with van der Waals surface area (Å²) in [5, 5.41) is 4.35. The van der Waals surface area contributed by atoms with E-state index in [1.807, 2.05) is 48.5 Å². The maximum absolute atomic E-state index is 14.0. The number of ether oxygens (including phenoxy) is 2. The summed E-state index contributed by atoms with van der Waals surface area (Å²) in [7, 11) is 0. The first-order valence-electron chi connectivity index (χ1n) is 13.6. The minimum Gasteiger partial charge on any atom is -0.460 e. The van der Waals surface area contributed by atoms with E-state index in [4.69, 9.17) is 32.7 Å². The largest absolute Gasteiger partial charge is 0.460 e. The molecule has 2 amide bonds. The molecular formula is C29H43Cl2N3O5. The Morgan fingerprint density at radius 2 is 1.56 bits per heavy atom. The Bertz CT molecular complexity index is 1040. The molecule has 2 heterocycles. The van der Waals surface area contributed by atoms with E-state index < -0.39 is 22.6 Å². The second kappa shape index (κ2) is 12.2. The highest BCUT2D eigenvalue weighted by molar-refractivity contribution is 6.35. The van der Waals surface area contributed by atoms with Crippen molar-refractivity contribution in [3.8, 4) is 0 Å². The Balaban J connectivity index is 1.74. The highest BCUT2D eigenvalue weighted by atomic mass is 35.5. The van der Waals surface area contributed by atoms with E-state index >= 15 is 0 Å². The summed E-state index contributed by atoms with van der Waals surface area (Å²) in [6.07, 6.45) is 0.856. The maximum atomic E-state index is 14.0. The summed E-state index contributed by atoms with van der Waals surface area (Å²) >= 11 is 12.9. The number of likely N-dealkylation sites (tertiary alicyclic amines) is 2. The lowest BCUT2D eigenvalue weighted by molar-refractivity contribution is -0.161. The molecule has 10 heteroatoms. The smallest absolute Gasteiger partial charge is 0.410 e. The van der Waals surface area contributed by atoms with Crippen molar-refractivity contribution in [1.29, 1.82) is 0 Å². The van der Waals surface area contributed by atoms with Crippen molar-refractivity contribution < 1.29 is 23.9 Å². The molecule has 2 aliphatic rings. The van der Waals surface area contributed by atoms with Crippen LogP contribution in [0.25, 0.3) is 0 Å². The number of carbonyl (C=O) groups excluding carboxylic acids is 3. The fraction of sp³-hybridized carbons (Fsp3) is 0.690. The molecule has 3 rings (SSSR count). The average Bonchev–Trinajstić information content (AvgIpc) is 3.10. The quantitative estimate of drug-likeness (QED) is 0.433. The van der Waals surface area contributed by atoms with Gasteiger partial charge in [0, 0.05) is 54.4 Å². The molecule has 39 heavy (non-hydrogen) atoms. The van der Waals surface area contributed by atoms with E-state index in [0.717, 1.165) is 5.56 Å². The predicted octanol–water partition coefficient (Wildman–Crippen LogP) is 5.68. The van der Waals surface area contributed by atoms with Crippen molar-refractivity contribution in [3.05, 3.63) is 33.8 Å². The molecule has 218 valence electrons. The first-order valence-corrected chi connectivity index (χ1v) is 14.4. The van der Waals surface area contributed by atoms with Crippen molar-refractivity contribution >= 4 is 41.2 Å². The molecule has 2 fully saturated rings. The lowest BCUT2D eigenvalue weighted by atomic mass is 9.75. The molecule has 0 bridgehead atoms. The van der Waals surface area contributed by atoms with Gasteiger partial charge in [-0.15, -0.1) is 0 Å². The van der Waals surface area contributed by atoms with Crippen LogP contribution in [0.2, 0.25) is 10.0 Å². The fourth-order valence-corrected chi connectivity index (χ4v) is 5.83. The van der Waals surface area contributed by atoms with Crippen molar-refractivity contribution in [2.45, 2.75) is 91.5 Å². The lowest BCUT2D eigenvalue weighted by Crippen LogP contribution is -2.53. The monoisotopic (exact) mass is 583 g/mol. The van der Waals surface area contributed by atoms with Crippen LogP contribution < -0.4 is 5.32 Å². The number of esters is 1. The second-order valence-electron chi connectivity index (χ2n) is 12.9. The Kier molecular flexibility index (Phi) is 9.88. The molecule has 2 atom stereocenters. The van der Waals surface area contributed by atoms with Gasteiger partial charge in [-0.1, -0.05) is 36.2 Å². The van der Waals surface area contributed by atoms with E-state index in [-0.39, 0.29) is 30.4 Å². The highest BCUT2D eigenvalue weighted by Crippen LogP contribution is 2.42. The Morgan fingerprint density at radius 3 is 2.10 bits per heavy atom. The zero-order valence-electron chi connectivity index (χ0n) is 24.2. The van der Waals surface area contributed by atoms with Gasteiger partial charge in [-0.3, -0.25) is 14.5 Å². The minimum atomic E-state index is -0.974. The number of rotatable bonds is 6. The summed E-state index contributed by atoms with van der Waals surface area (Å²) in [5.74, 6) is -0.681. The van der Waals surface area contributed by atoms with Gasteiger partial charge < -0.3 is 19.7 Å². The van der Waals surface area contributed by atoms with E-state index in [9.17, 15) is 14.4 Å². The third-order valence-corrected chi connectivity index (χ3v) is 7.95. The van der Waals surface area contributed by atoms with E-state index in [2.05, 4.69) is 10.2 Å². The van der Waals surface area contributed by atoms with Gasteiger partial charge in [0.15, 0.2) is 0 Å². The van der Waals surface area contributed by atoms with Crippen LogP contribution in [-0.4, -0.2) is 71.2 Å². The van der Waals surface area contributed by atoms with Crippen LogP contribution in [0.15, 0.2) is 18.2 Å². The Labute approximate surface area is 242 Å². The molecule has 1 aromatic carbocycles.